The summed E-state index contributed by atoms with van der Waals surface area (Å²) in [5.74, 6) is 0. The van der Waals surface area contributed by atoms with Crippen LogP contribution in [-0.2, 0) is 0 Å². The molecule has 1 aromatic rings. The molecule has 5 nitrogen and oxygen atoms in total. The Labute approximate surface area is 117 Å². The van der Waals surface area contributed by atoms with Gasteiger partial charge in [0.25, 0.3) is 5.69 Å². The summed E-state index contributed by atoms with van der Waals surface area (Å²) in [4.78, 5) is 10.6. The van der Waals surface area contributed by atoms with Crippen LogP contribution in [0.5, 0.6) is 0 Å². The molecule has 1 aliphatic carbocycles. The number of hydrogen-bond acceptors (Lipinski definition) is 4. The molecule has 0 saturated heterocycles. The number of rotatable bonds is 3. The van der Waals surface area contributed by atoms with E-state index in [2.05, 4.69) is 5.32 Å². The molecule has 0 spiro atoms. The zero-order chi connectivity index (χ0) is 13.8. The maximum atomic E-state index is 11.0. The van der Waals surface area contributed by atoms with E-state index in [1.165, 1.54) is 18.6 Å². The molecule has 1 aliphatic rings. The number of hydrogen-bond donors (Lipinski definition) is 2. The van der Waals surface area contributed by atoms with E-state index in [-0.39, 0.29) is 17.8 Å². The van der Waals surface area contributed by atoms with Crippen LogP contribution in [0.4, 0.5) is 11.4 Å². The summed E-state index contributed by atoms with van der Waals surface area (Å²) in [5, 5.41) is 14.7. The van der Waals surface area contributed by atoms with Crippen LogP contribution in [0, 0.1) is 10.1 Å². The number of halogens is 1. The van der Waals surface area contributed by atoms with Crippen molar-refractivity contribution in [1.29, 1.82) is 0 Å². The Balaban J connectivity index is 2.21. The van der Waals surface area contributed by atoms with Gasteiger partial charge in [0, 0.05) is 23.2 Å². The van der Waals surface area contributed by atoms with E-state index in [1.807, 2.05) is 0 Å². The predicted molar refractivity (Wildman–Crippen MR) is 76.6 cm³/mol. The van der Waals surface area contributed by atoms with Crippen molar-refractivity contribution < 1.29 is 4.92 Å². The Kier molecular flexibility index (Phi) is 4.61. The molecule has 1 fully saturated rings. The molecular weight excluding hydrogens is 266 g/mol. The first-order valence-corrected chi connectivity index (χ1v) is 6.92. The van der Waals surface area contributed by atoms with Gasteiger partial charge in [-0.3, -0.25) is 10.1 Å². The van der Waals surface area contributed by atoms with Crippen LogP contribution >= 0.6 is 11.6 Å². The molecule has 6 heteroatoms. The summed E-state index contributed by atoms with van der Waals surface area (Å²) < 4.78 is 0. The molecular formula is C13H18ClN3O2. The minimum absolute atomic E-state index is 0.0288. The SMILES string of the molecule is NC1CCCCCC1Nc1cc(Cl)ccc1[N+](=O)[O-]. The van der Waals surface area contributed by atoms with Gasteiger partial charge in [0.05, 0.1) is 4.92 Å². The van der Waals surface area contributed by atoms with E-state index in [0.717, 1.165) is 25.7 Å². The van der Waals surface area contributed by atoms with Gasteiger partial charge in [0.1, 0.15) is 5.69 Å². The number of nitro benzene ring substituents is 1. The molecule has 2 rings (SSSR count). The lowest BCUT2D eigenvalue weighted by Crippen LogP contribution is -2.39. The lowest BCUT2D eigenvalue weighted by Gasteiger charge is -2.23. The maximum Gasteiger partial charge on any atom is 0.292 e. The highest BCUT2D eigenvalue weighted by molar-refractivity contribution is 6.31. The molecule has 1 saturated carbocycles. The molecule has 0 radical (unpaired) electrons. The van der Waals surface area contributed by atoms with E-state index in [4.69, 9.17) is 17.3 Å². The van der Waals surface area contributed by atoms with Crippen LogP contribution in [0.2, 0.25) is 5.02 Å². The molecule has 1 aromatic carbocycles. The van der Waals surface area contributed by atoms with Crippen molar-refractivity contribution in [2.75, 3.05) is 5.32 Å². The molecule has 0 aromatic heterocycles. The van der Waals surface area contributed by atoms with Gasteiger partial charge < -0.3 is 11.1 Å². The van der Waals surface area contributed by atoms with Crippen molar-refractivity contribution in [1.82, 2.24) is 0 Å². The molecule has 2 unspecified atom stereocenters. The van der Waals surface area contributed by atoms with Gasteiger partial charge >= 0.3 is 0 Å². The highest BCUT2D eigenvalue weighted by Crippen LogP contribution is 2.30. The summed E-state index contributed by atoms with van der Waals surface area (Å²) in [7, 11) is 0. The fourth-order valence-corrected chi connectivity index (χ4v) is 2.67. The minimum Gasteiger partial charge on any atom is -0.375 e. The molecule has 0 aliphatic heterocycles. The number of nitrogens with zero attached hydrogens (tertiary/aromatic N) is 1. The first-order valence-electron chi connectivity index (χ1n) is 6.54. The first-order chi connectivity index (χ1) is 9.08. The Morgan fingerprint density at radius 1 is 1.32 bits per heavy atom. The predicted octanol–water partition coefficient (Wildman–Crippen LogP) is 3.32. The fraction of sp³-hybridized carbons (Fsp3) is 0.538. The maximum absolute atomic E-state index is 11.0. The van der Waals surface area contributed by atoms with Crippen LogP contribution in [0.15, 0.2) is 18.2 Å². The fourth-order valence-electron chi connectivity index (χ4n) is 2.50. The number of nitrogens with two attached hydrogens (primary N) is 1. The third-order valence-corrected chi connectivity index (χ3v) is 3.80. The van der Waals surface area contributed by atoms with Gasteiger partial charge in [0.15, 0.2) is 0 Å². The van der Waals surface area contributed by atoms with Crippen molar-refractivity contribution in [3.05, 3.63) is 33.3 Å². The van der Waals surface area contributed by atoms with E-state index in [9.17, 15) is 10.1 Å². The van der Waals surface area contributed by atoms with Gasteiger partial charge in [0.2, 0.25) is 0 Å². The largest absolute Gasteiger partial charge is 0.375 e. The Morgan fingerprint density at radius 2 is 2.05 bits per heavy atom. The molecule has 0 amide bonds. The Bertz CT molecular complexity index is 467. The molecule has 2 atom stereocenters. The molecule has 0 bridgehead atoms. The van der Waals surface area contributed by atoms with E-state index >= 15 is 0 Å². The molecule has 0 heterocycles. The van der Waals surface area contributed by atoms with Crippen LogP contribution in [0.25, 0.3) is 0 Å². The van der Waals surface area contributed by atoms with Crippen molar-refractivity contribution in [3.63, 3.8) is 0 Å². The van der Waals surface area contributed by atoms with E-state index < -0.39 is 4.92 Å². The third kappa shape index (κ3) is 3.58. The monoisotopic (exact) mass is 283 g/mol. The first kappa shape index (κ1) is 14.1. The summed E-state index contributed by atoms with van der Waals surface area (Å²) in [5.41, 5.74) is 6.63. The van der Waals surface area contributed by atoms with Crippen molar-refractivity contribution in [2.24, 2.45) is 5.73 Å². The summed E-state index contributed by atoms with van der Waals surface area (Å²) in [6, 6.07) is 4.64. The number of nitrogens with one attached hydrogen (secondary N) is 1. The Morgan fingerprint density at radius 3 is 2.79 bits per heavy atom. The van der Waals surface area contributed by atoms with Crippen LogP contribution < -0.4 is 11.1 Å². The lowest BCUT2D eigenvalue weighted by molar-refractivity contribution is -0.384. The van der Waals surface area contributed by atoms with E-state index in [0.29, 0.717) is 10.7 Å². The number of benzene rings is 1. The highest BCUT2D eigenvalue weighted by atomic mass is 35.5. The second kappa shape index (κ2) is 6.21. The number of anilines is 1. The lowest BCUT2D eigenvalue weighted by atomic mass is 10.0. The van der Waals surface area contributed by atoms with Crippen molar-refractivity contribution >= 4 is 23.0 Å². The van der Waals surface area contributed by atoms with Crippen LogP contribution in [-0.4, -0.2) is 17.0 Å². The minimum atomic E-state index is -0.402. The Hall–Kier alpha value is -1.33. The summed E-state index contributed by atoms with van der Waals surface area (Å²) in [6.45, 7) is 0. The van der Waals surface area contributed by atoms with Crippen LogP contribution in [0.3, 0.4) is 0 Å². The quantitative estimate of drug-likeness (QED) is 0.506. The molecule has 104 valence electrons. The topological polar surface area (TPSA) is 81.2 Å². The number of nitro groups is 1. The zero-order valence-corrected chi connectivity index (χ0v) is 11.4. The van der Waals surface area contributed by atoms with Crippen molar-refractivity contribution in [3.8, 4) is 0 Å². The van der Waals surface area contributed by atoms with Gasteiger partial charge in [-0.1, -0.05) is 30.9 Å². The molecule has 19 heavy (non-hydrogen) atoms. The molecule has 3 N–H and O–H groups in total. The standard InChI is InChI=1S/C13H18ClN3O2/c14-9-6-7-13(17(18)19)12(8-9)16-11-5-3-1-2-4-10(11)15/h6-8,10-11,16H,1-5,15H2. The smallest absolute Gasteiger partial charge is 0.292 e. The summed E-state index contributed by atoms with van der Waals surface area (Å²) in [6.07, 6.45) is 5.27. The summed E-state index contributed by atoms with van der Waals surface area (Å²) >= 11 is 5.91. The van der Waals surface area contributed by atoms with Gasteiger partial charge in [-0.15, -0.1) is 0 Å². The second-order valence-electron chi connectivity index (χ2n) is 4.97. The van der Waals surface area contributed by atoms with Crippen molar-refractivity contribution in [2.45, 2.75) is 44.2 Å². The zero-order valence-electron chi connectivity index (χ0n) is 10.6. The normalized spacial score (nSPS) is 23.7. The van der Waals surface area contributed by atoms with Crippen LogP contribution in [0.1, 0.15) is 32.1 Å². The van der Waals surface area contributed by atoms with Gasteiger partial charge in [-0.25, -0.2) is 0 Å². The average molecular weight is 284 g/mol. The van der Waals surface area contributed by atoms with E-state index in [1.54, 1.807) is 6.07 Å². The average Bonchev–Trinajstić information content (AvgIpc) is 2.55. The second-order valence-corrected chi connectivity index (χ2v) is 5.41. The highest BCUT2D eigenvalue weighted by Gasteiger charge is 2.23. The van der Waals surface area contributed by atoms with Gasteiger partial charge in [-0.05, 0) is 25.0 Å². The van der Waals surface area contributed by atoms with Gasteiger partial charge in [-0.2, -0.15) is 0 Å². The third-order valence-electron chi connectivity index (χ3n) is 3.57.